The number of hydrogen-bond donors (Lipinski definition) is 1. The third-order valence-corrected chi connectivity index (χ3v) is 2.46. The first-order valence-corrected chi connectivity index (χ1v) is 4.46. The Hall–Kier alpha value is -0.570. The molecule has 1 atom stereocenters. The molecular weight excluding hydrogens is 154 g/mol. The van der Waals surface area contributed by atoms with Gasteiger partial charge in [0.2, 0.25) is 5.91 Å². The Morgan fingerprint density at radius 3 is 2.58 bits per heavy atom. The molecular formula is C9H17NO2. The van der Waals surface area contributed by atoms with Crippen molar-refractivity contribution < 1.29 is 9.90 Å². The maximum absolute atomic E-state index is 11.4. The number of aliphatic hydroxyl groups is 1. The van der Waals surface area contributed by atoms with E-state index >= 15 is 0 Å². The van der Waals surface area contributed by atoms with Crippen LogP contribution in [-0.4, -0.2) is 34.1 Å². The lowest BCUT2D eigenvalue weighted by Gasteiger charge is -2.30. The van der Waals surface area contributed by atoms with Crippen LogP contribution in [0.3, 0.4) is 0 Å². The average molecular weight is 171 g/mol. The molecule has 1 heterocycles. The van der Waals surface area contributed by atoms with E-state index in [-0.39, 0.29) is 17.6 Å². The van der Waals surface area contributed by atoms with Crippen LogP contribution in [0.25, 0.3) is 0 Å². The number of carbonyl (C=O) groups is 1. The standard InChI is InChI=1S/C9H17NO2/c1-4-8(12)10-6-7(11)5-9(10,2)3/h7,11H,4-6H2,1-3H3. The van der Waals surface area contributed by atoms with Crippen LogP contribution in [0.5, 0.6) is 0 Å². The van der Waals surface area contributed by atoms with Crippen LogP contribution in [0.15, 0.2) is 0 Å². The van der Waals surface area contributed by atoms with Crippen molar-refractivity contribution in [1.82, 2.24) is 4.90 Å². The molecule has 0 bridgehead atoms. The molecule has 1 aliphatic rings. The quantitative estimate of drug-likeness (QED) is 0.633. The fraction of sp³-hybridized carbons (Fsp3) is 0.889. The van der Waals surface area contributed by atoms with Crippen LogP contribution in [0, 0.1) is 0 Å². The minimum Gasteiger partial charge on any atom is -0.391 e. The molecule has 0 aromatic carbocycles. The van der Waals surface area contributed by atoms with Crippen molar-refractivity contribution in [1.29, 1.82) is 0 Å². The molecule has 1 fully saturated rings. The molecule has 1 aliphatic heterocycles. The summed E-state index contributed by atoms with van der Waals surface area (Å²) in [5.41, 5.74) is -0.160. The third kappa shape index (κ3) is 1.61. The van der Waals surface area contributed by atoms with Gasteiger partial charge in [-0.3, -0.25) is 4.79 Å². The van der Waals surface area contributed by atoms with Crippen molar-refractivity contribution in [2.45, 2.75) is 45.3 Å². The molecule has 0 aliphatic carbocycles. The fourth-order valence-corrected chi connectivity index (χ4v) is 1.84. The highest BCUT2D eigenvalue weighted by molar-refractivity contribution is 5.77. The van der Waals surface area contributed by atoms with Gasteiger partial charge in [0.1, 0.15) is 0 Å². The monoisotopic (exact) mass is 171 g/mol. The van der Waals surface area contributed by atoms with Gasteiger partial charge in [-0.05, 0) is 20.3 Å². The summed E-state index contributed by atoms with van der Waals surface area (Å²) in [5, 5.41) is 9.39. The van der Waals surface area contributed by atoms with Gasteiger partial charge in [-0.2, -0.15) is 0 Å². The number of rotatable bonds is 1. The second-order valence-electron chi connectivity index (χ2n) is 4.03. The summed E-state index contributed by atoms with van der Waals surface area (Å²) in [6.07, 6.45) is 0.880. The largest absolute Gasteiger partial charge is 0.391 e. The topological polar surface area (TPSA) is 40.5 Å². The highest BCUT2D eigenvalue weighted by Gasteiger charge is 2.39. The average Bonchev–Trinajstić information content (AvgIpc) is 2.23. The van der Waals surface area contributed by atoms with Crippen molar-refractivity contribution >= 4 is 5.91 Å². The molecule has 0 radical (unpaired) electrons. The first-order chi connectivity index (χ1) is 5.47. The van der Waals surface area contributed by atoms with Crippen LogP contribution in [0.4, 0.5) is 0 Å². The summed E-state index contributed by atoms with van der Waals surface area (Å²) < 4.78 is 0. The zero-order chi connectivity index (χ0) is 9.35. The molecule has 3 heteroatoms. The smallest absolute Gasteiger partial charge is 0.222 e. The van der Waals surface area contributed by atoms with E-state index in [0.29, 0.717) is 19.4 Å². The zero-order valence-electron chi connectivity index (χ0n) is 8.00. The molecule has 0 aromatic rings. The van der Waals surface area contributed by atoms with Gasteiger partial charge < -0.3 is 10.0 Å². The Balaban J connectivity index is 2.71. The summed E-state index contributed by atoms with van der Waals surface area (Å²) >= 11 is 0. The lowest BCUT2D eigenvalue weighted by molar-refractivity contribution is -0.134. The van der Waals surface area contributed by atoms with Gasteiger partial charge in [-0.15, -0.1) is 0 Å². The second kappa shape index (κ2) is 3.05. The van der Waals surface area contributed by atoms with E-state index in [2.05, 4.69) is 0 Å². The summed E-state index contributed by atoms with van der Waals surface area (Å²) in [6.45, 7) is 6.34. The molecule has 0 spiro atoms. The Morgan fingerprint density at radius 2 is 2.25 bits per heavy atom. The second-order valence-corrected chi connectivity index (χ2v) is 4.03. The Labute approximate surface area is 73.4 Å². The molecule has 1 N–H and O–H groups in total. The predicted molar refractivity (Wildman–Crippen MR) is 46.7 cm³/mol. The Bertz CT molecular complexity index is 189. The minimum absolute atomic E-state index is 0.136. The SMILES string of the molecule is CCC(=O)N1CC(O)CC1(C)C. The molecule has 3 nitrogen and oxygen atoms in total. The maximum Gasteiger partial charge on any atom is 0.222 e. The maximum atomic E-state index is 11.4. The van der Waals surface area contributed by atoms with E-state index in [1.807, 2.05) is 20.8 Å². The normalized spacial score (nSPS) is 27.7. The van der Waals surface area contributed by atoms with Crippen molar-refractivity contribution in [2.75, 3.05) is 6.54 Å². The van der Waals surface area contributed by atoms with Gasteiger partial charge >= 0.3 is 0 Å². The van der Waals surface area contributed by atoms with E-state index in [9.17, 15) is 9.90 Å². The van der Waals surface area contributed by atoms with Gasteiger partial charge in [-0.1, -0.05) is 6.92 Å². The van der Waals surface area contributed by atoms with E-state index in [4.69, 9.17) is 0 Å². The van der Waals surface area contributed by atoms with Gasteiger partial charge in [-0.25, -0.2) is 0 Å². The first-order valence-electron chi connectivity index (χ1n) is 4.46. The Morgan fingerprint density at radius 1 is 1.67 bits per heavy atom. The summed E-state index contributed by atoms with van der Waals surface area (Å²) in [7, 11) is 0. The van der Waals surface area contributed by atoms with E-state index in [1.165, 1.54) is 0 Å². The van der Waals surface area contributed by atoms with Gasteiger partial charge in [0.25, 0.3) is 0 Å². The third-order valence-electron chi connectivity index (χ3n) is 2.46. The fourth-order valence-electron chi connectivity index (χ4n) is 1.84. The Kier molecular flexibility index (Phi) is 2.42. The highest BCUT2D eigenvalue weighted by Crippen LogP contribution is 2.28. The van der Waals surface area contributed by atoms with Crippen LogP contribution < -0.4 is 0 Å². The number of nitrogens with zero attached hydrogens (tertiary/aromatic N) is 1. The predicted octanol–water partition coefficient (Wildman–Crippen LogP) is 0.768. The van der Waals surface area contributed by atoms with Crippen LogP contribution in [-0.2, 0) is 4.79 Å². The van der Waals surface area contributed by atoms with Crippen LogP contribution in [0.1, 0.15) is 33.6 Å². The first kappa shape index (κ1) is 9.52. The van der Waals surface area contributed by atoms with Crippen molar-refractivity contribution in [3.63, 3.8) is 0 Å². The summed E-state index contributed by atoms with van der Waals surface area (Å²) in [4.78, 5) is 13.2. The van der Waals surface area contributed by atoms with Crippen LogP contribution >= 0.6 is 0 Å². The molecule has 1 amide bonds. The van der Waals surface area contributed by atoms with Gasteiger partial charge in [0, 0.05) is 18.5 Å². The number of hydrogen-bond acceptors (Lipinski definition) is 2. The molecule has 0 saturated carbocycles. The van der Waals surface area contributed by atoms with Crippen LogP contribution in [0.2, 0.25) is 0 Å². The van der Waals surface area contributed by atoms with E-state index in [1.54, 1.807) is 4.90 Å². The van der Waals surface area contributed by atoms with Gasteiger partial charge in [0.05, 0.1) is 6.10 Å². The van der Waals surface area contributed by atoms with Gasteiger partial charge in [0.15, 0.2) is 0 Å². The number of likely N-dealkylation sites (tertiary alicyclic amines) is 1. The number of aliphatic hydroxyl groups excluding tert-OH is 1. The molecule has 1 rings (SSSR count). The molecule has 1 unspecified atom stereocenters. The molecule has 0 aromatic heterocycles. The number of amides is 1. The summed E-state index contributed by atoms with van der Waals surface area (Å²) in [6, 6.07) is 0. The molecule has 1 saturated heterocycles. The molecule has 12 heavy (non-hydrogen) atoms. The van der Waals surface area contributed by atoms with Crippen molar-refractivity contribution in [3.05, 3.63) is 0 Å². The van der Waals surface area contributed by atoms with E-state index < -0.39 is 0 Å². The minimum atomic E-state index is -0.338. The lowest BCUT2D eigenvalue weighted by Crippen LogP contribution is -2.42. The number of carbonyl (C=O) groups excluding carboxylic acids is 1. The van der Waals surface area contributed by atoms with E-state index in [0.717, 1.165) is 0 Å². The zero-order valence-corrected chi connectivity index (χ0v) is 8.00. The summed E-state index contributed by atoms with van der Waals surface area (Å²) in [5.74, 6) is 0.136. The van der Waals surface area contributed by atoms with Crippen molar-refractivity contribution in [3.8, 4) is 0 Å². The van der Waals surface area contributed by atoms with Crippen molar-refractivity contribution in [2.24, 2.45) is 0 Å². The highest BCUT2D eigenvalue weighted by atomic mass is 16.3. The number of β-amino-alcohol motifs (C(OH)–C–C–N with tert-alkyl or cyclic N) is 1. The lowest BCUT2D eigenvalue weighted by atomic mass is 10.0. The molecule has 70 valence electrons.